The molecule has 0 aliphatic heterocycles. The van der Waals surface area contributed by atoms with Crippen LogP contribution in [0, 0.1) is 6.92 Å². The number of hydrogen-bond acceptors (Lipinski definition) is 3. The molecule has 0 bridgehead atoms. The van der Waals surface area contributed by atoms with Gasteiger partial charge in [0.2, 0.25) is 0 Å². The van der Waals surface area contributed by atoms with Crippen molar-refractivity contribution >= 4 is 5.91 Å². The number of pyridine rings is 1. The van der Waals surface area contributed by atoms with E-state index in [1.54, 1.807) is 17.1 Å². The van der Waals surface area contributed by atoms with Gasteiger partial charge in [0.05, 0.1) is 11.8 Å². The Morgan fingerprint density at radius 3 is 2.70 bits per heavy atom. The average molecular weight is 312 g/mol. The van der Waals surface area contributed by atoms with E-state index in [0.717, 1.165) is 24.1 Å². The highest BCUT2D eigenvalue weighted by atomic mass is 16.2. The summed E-state index contributed by atoms with van der Waals surface area (Å²) in [6, 6.07) is 4.27. The fraction of sp³-hybridized carbons (Fsp3) is 0.500. The smallest absolute Gasteiger partial charge is 0.257 e. The van der Waals surface area contributed by atoms with Gasteiger partial charge >= 0.3 is 0 Å². The van der Waals surface area contributed by atoms with Crippen molar-refractivity contribution in [1.82, 2.24) is 19.7 Å². The van der Waals surface area contributed by atoms with E-state index >= 15 is 0 Å². The zero-order valence-electron chi connectivity index (χ0n) is 13.9. The first-order valence-electron chi connectivity index (χ1n) is 8.35. The highest BCUT2D eigenvalue weighted by Gasteiger charge is 2.28. The standard InChI is InChI=1S/C18H24N4O/c1-14-17(12-20-21(14)2)18(23)22(16-8-4-3-5-9-16)13-15-7-6-10-19-11-15/h6-7,10-12,16H,3-5,8-9,13H2,1-2H3. The maximum absolute atomic E-state index is 13.1. The van der Waals surface area contributed by atoms with Gasteiger partial charge in [-0.25, -0.2) is 0 Å². The third kappa shape index (κ3) is 3.44. The molecule has 2 aromatic heterocycles. The van der Waals surface area contributed by atoms with Crippen LogP contribution in [0.3, 0.4) is 0 Å². The van der Waals surface area contributed by atoms with E-state index in [9.17, 15) is 4.79 Å². The second-order valence-electron chi connectivity index (χ2n) is 6.35. The molecule has 1 amide bonds. The summed E-state index contributed by atoms with van der Waals surface area (Å²) < 4.78 is 1.76. The Hall–Kier alpha value is -2.17. The molecule has 0 unspecified atom stereocenters. The van der Waals surface area contributed by atoms with E-state index in [1.165, 1.54) is 19.3 Å². The molecule has 0 saturated heterocycles. The molecular formula is C18H24N4O. The van der Waals surface area contributed by atoms with Crippen LogP contribution >= 0.6 is 0 Å². The highest BCUT2D eigenvalue weighted by Crippen LogP contribution is 2.26. The number of rotatable bonds is 4. The number of carbonyl (C=O) groups is 1. The SMILES string of the molecule is Cc1c(C(=O)N(Cc2cccnc2)C2CCCCC2)cnn1C. The van der Waals surface area contributed by atoms with Crippen molar-refractivity contribution in [2.45, 2.75) is 51.6 Å². The van der Waals surface area contributed by atoms with E-state index in [2.05, 4.69) is 10.1 Å². The van der Waals surface area contributed by atoms with Crippen LogP contribution in [0.25, 0.3) is 0 Å². The predicted octanol–water partition coefficient (Wildman–Crippen LogP) is 3.10. The molecule has 0 spiro atoms. The number of amides is 1. The van der Waals surface area contributed by atoms with Crippen LogP contribution in [0.1, 0.15) is 53.7 Å². The molecular weight excluding hydrogens is 288 g/mol. The van der Waals surface area contributed by atoms with E-state index in [1.807, 2.05) is 37.2 Å². The maximum Gasteiger partial charge on any atom is 0.257 e. The highest BCUT2D eigenvalue weighted by molar-refractivity contribution is 5.95. The molecule has 0 radical (unpaired) electrons. The van der Waals surface area contributed by atoms with Gasteiger partial charge in [0.1, 0.15) is 0 Å². The molecule has 2 aromatic rings. The summed E-state index contributed by atoms with van der Waals surface area (Å²) in [4.78, 5) is 19.3. The molecule has 1 aliphatic carbocycles. The lowest BCUT2D eigenvalue weighted by molar-refractivity contribution is 0.0613. The van der Waals surface area contributed by atoms with Crippen molar-refractivity contribution < 1.29 is 4.79 Å². The van der Waals surface area contributed by atoms with E-state index < -0.39 is 0 Å². The van der Waals surface area contributed by atoms with E-state index in [-0.39, 0.29) is 5.91 Å². The minimum atomic E-state index is 0.0892. The first kappa shape index (κ1) is 15.7. The number of nitrogens with zero attached hydrogens (tertiary/aromatic N) is 4. The van der Waals surface area contributed by atoms with Crippen LogP contribution in [0.5, 0.6) is 0 Å². The molecule has 122 valence electrons. The fourth-order valence-corrected chi connectivity index (χ4v) is 3.31. The van der Waals surface area contributed by atoms with Crippen LogP contribution < -0.4 is 0 Å². The zero-order valence-corrected chi connectivity index (χ0v) is 13.9. The van der Waals surface area contributed by atoms with Gasteiger partial charge in [-0.2, -0.15) is 5.10 Å². The van der Waals surface area contributed by atoms with Gasteiger partial charge < -0.3 is 4.90 Å². The minimum absolute atomic E-state index is 0.0892. The largest absolute Gasteiger partial charge is 0.331 e. The molecule has 3 rings (SSSR count). The molecule has 1 saturated carbocycles. The van der Waals surface area contributed by atoms with Gasteiger partial charge in [-0.05, 0) is 31.4 Å². The topological polar surface area (TPSA) is 51.0 Å². The molecule has 23 heavy (non-hydrogen) atoms. The summed E-state index contributed by atoms with van der Waals surface area (Å²) in [6.45, 7) is 2.56. The lowest BCUT2D eigenvalue weighted by atomic mass is 9.93. The van der Waals surface area contributed by atoms with Gasteiger partial charge in [0.25, 0.3) is 5.91 Å². The second kappa shape index (κ2) is 6.94. The summed E-state index contributed by atoms with van der Waals surface area (Å²) >= 11 is 0. The summed E-state index contributed by atoms with van der Waals surface area (Å²) in [7, 11) is 1.87. The average Bonchev–Trinajstić information content (AvgIpc) is 2.93. The van der Waals surface area contributed by atoms with Crippen molar-refractivity contribution in [2.24, 2.45) is 7.05 Å². The zero-order chi connectivity index (χ0) is 16.2. The van der Waals surface area contributed by atoms with Crippen LogP contribution in [0.4, 0.5) is 0 Å². The second-order valence-corrected chi connectivity index (χ2v) is 6.35. The normalized spacial score (nSPS) is 15.6. The molecule has 5 heteroatoms. The van der Waals surface area contributed by atoms with Crippen LogP contribution in [-0.2, 0) is 13.6 Å². The fourth-order valence-electron chi connectivity index (χ4n) is 3.31. The van der Waals surface area contributed by atoms with Gasteiger partial charge in [-0.3, -0.25) is 14.5 Å². The molecule has 2 heterocycles. The molecule has 1 fully saturated rings. The number of carbonyl (C=O) groups excluding carboxylic acids is 1. The Balaban J connectivity index is 1.87. The van der Waals surface area contributed by atoms with Crippen LogP contribution in [-0.4, -0.2) is 31.6 Å². The van der Waals surface area contributed by atoms with Crippen LogP contribution in [0.15, 0.2) is 30.7 Å². The Labute approximate surface area is 137 Å². The summed E-state index contributed by atoms with van der Waals surface area (Å²) in [5, 5.41) is 4.23. The maximum atomic E-state index is 13.1. The quantitative estimate of drug-likeness (QED) is 0.871. The first-order chi connectivity index (χ1) is 11.2. The molecule has 5 nitrogen and oxygen atoms in total. The van der Waals surface area contributed by atoms with Crippen molar-refractivity contribution in [3.05, 3.63) is 47.5 Å². The van der Waals surface area contributed by atoms with Crippen molar-refractivity contribution in [3.8, 4) is 0 Å². The number of hydrogen-bond donors (Lipinski definition) is 0. The third-order valence-corrected chi connectivity index (χ3v) is 4.82. The van der Waals surface area contributed by atoms with Crippen molar-refractivity contribution in [1.29, 1.82) is 0 Å². The minimum Gasteiger partial charge on any atom is -0.331 e. The predicted molar refractivity (Wildman–Crippen MR) is 88.9 cm³/mol. The molecule has 0 N–H and O–H groups in total. The number of aryl methyl sites for hydroxylation is 1. The van der Waals surface area contributed by atoms with Crippen LogP contribution in [0.2, 0.25) is 0 Å². The Morgan fingerprint density at radius 2 is 2.09 bits per heavy atom. The summed E-state index contributed by atoms with van der Waals surface area (Å²) in [5.41, 5.74) is 2.71. The van der Waals surface area contributed by atoms with E-state index in [0.29, 0.717) is 18.2 Å². The molecule has 0 aromatic carbocycles. The van der Waals surface area contributed by atoms with E-state index in [4.69, 9.17) is 0 Å². The Kier molecular flexibility index (Phi) is 4.74. The van der Waals surface area contributed by atoms with Gasteiger partial charge in [-0.1, -0.05) is 25.3 Å². The molecule has 1 aliphatic rings. The van der Waals surface area contributed by atoms with Gasteiger partial charge in [-0.15, -0.1) is 0 Å². The summed E-state index contributed by atoms with van der Waals surface area (Å²) in [6.07, 6.45) is 11.2. The Bertz CT molecular complexity index is 659. The van der Waals surface area contributed by atoms with Crippen molar-refractivity contribution in [2.75, 3.05) is 0 Å². The summed E-state index contributed by atoms with van der Waals surface area (Å²) in [5.74, 6) is 0.0892. The monoisotopic (exact) mass is 312 g/mol. The van der Waals surface area contributed by atoms with Gasteiger partial charge in [0, 0.05) is 37.7 Å². The first-order valence-corrected chi connectivity index (χ1v) is 8.35. The lowest BCUT2D eigenvalue weighted by Crippen LogP contribution is -2.41. The number of aromatic nitrogens is 3. The molecule has 0 atom stereocenters. The van der Waals surface area contributed by atoms with Gasteiger partial charge in [0.15, 0.2) is 0 Å². The lowest BCUT2D eigenvalue weighted by Gasteiger charge is -2.34. The van der Waals surface area contributed by atoms with Crippen molar-refractivity contribution in [3.63, 3.8) is 0 Å². The third-order valence-electron chi connectivity index (χ3n) is 4.82. The Morgan fingerprint density at radius 1 is 1.30 bits per heavy atom.